The molecule has 2 aromatic heterocycles. The highest BCUT2D eigenvalue weighted by Crippen LogP contribution is 2.28. The van der Waals surface area contributed by atoms with Crippen LogP contribution in [0.15, 0.2) is 48.8 Å². The summed E-state index contributed by atoms with van der Waals surface area (Å²) in [5, 5.41) is 14.0. The Morgan fingerprint density at radius 3 is 2.88 bits per heavy atom. The van der Waals surface area contributed by atoms with E-state index in [9.17, 15) is 9.90 Å². The second-order valence-electron chi connectivity index (χ2n) is 5.68. The normalized spacial score (nSPS) is 11.8. The summed E-state index contributed by atoms with van der Waals surface area (Å²) in [6, 6.07) is 9.17. The van der Waals surface area contributed by atoms with E-state index < -0.39 is 6.02 Å². The molecule has 6 heteroatoms. The first-order valence-corrected chi connectivity index (χ1v) is 7.80. The van der Waals surface area contributed by atoms with Crippen molar-refractivity contribution in [3.63, 3.8) is 0 Å². The Hall–Kier alpha value is -3.15. The van der Waals surface area contributed by atoms with E-state index in [2.05, 4.69) is 10.1 Å². The summed E-state index contributed by atoms with van der Waals surface area (Å²) in [5.74, 6) is 0.169. The van der Waals surface area contributed by atoms with E-state index in [1.807, 2.05) is 6.07 Å². The molecule has 0 aliphatic carbocycles. The first kappa shape index (κ1) is 15.4. The molecule has 25 heavy (non-hydrogen) atoms. The van der Waals surface area contributed by atoms with Crippen molar-refractivity contribution in [3.05, 3.63) is 59.9 Å². The zero-order valence-electron chi connectivity index (χ0n) is 15.0. The molecule has 2 heterocycles. The third-order valence-corrected chi connectivity index (χ3v) is 3.74. The van der Waals surface area contributed by atoms with Crippen molar-refractivity contribution >= 4 is 6.29 Å². The predicted molar refractivity (Wildman–Crippen MR) is 93.7 cm³/mol. The van der Waals surface area contributed by atoms with Gasteiger partial charge in [-0.3, -0.25) is 14.5 Å². The van der Waals surface area contributed by atoms with Gasteiger partial charge in [0.05, 0.1) is 18.3 Å². The summed E-state index contributed by atoms with van der Waals surface area (Å²) in [7, 11) is 0. The van der Waals surface area contributed by atoms with Gasteiger partial charge in [-0.1, -0.05) is 12.1 Å². The number of aromatic nitrogens is 3. The Bertz CT molecular complexity index is 932. The Morgan fingerprint density at radius 2 is 2.12 bits per heavy atom. The molecule has 3 aromatic rings. The van der Waals surface area contributed by atoms with Gasteiger partial charge in [-0.2, -0.15) is 5.10 Å². The van der Waals surface area contributed by atoms with E-state index in [0.717, 1.165) is 5.56 Å². The van der Waals surface area contributed by atoms with E-state index in [4.69, 9.17) is 6.11 Å². The summed E-state index contributed by atoms with van der Waals surface area (Å²) in [5.41, 5.74) is 2.24. The van der Waals surface area contributed by atoms with Crippen molar-refractivity contribution in [3.8, 4) is 22.9 Å². The average molecular weight is 338 g/mol. The highest BCUT2D eigenvalue weighted by Gasteiger charge is 2.15. The summed E-state index contributed by atoms with van der Waals surface area (Å²) < 4.78 is 15.6. The fourth-order valence-corrected chi connectivity index (χ4v) is 2.56. The largest absolute Gasteiger partial charge is 0.507 e. The molecule has 3 rings (SSSR count). The molecule has 0 amide bonds. The zero-order chi connectivity index (χ0) is 18.7. The molecule has 1 N–H and O–H groups in total. The van der Waals surface area contributed by atoms with Gasteiger partial charge in [0.15, 0.2) is 6.29 Å². The van der Waals surface area contributed by atoms with Gasteiger partial charge in [0.25, 0.3) is 0 Å². The van der Waals surface area contributed by atoms with Crippen molar-refractivity contribution < 1.29 is 16.0 Å². The Morgan fingerprint density at radius 1 is 1.28 bits per heavy atom. The third kappa shape index (κ3) is 3.38. The third-order valence-electron chi connectivity index (χ3n) is 3.74. The first-order chi connectivity index (χ1) is 12.4. The number of ether oxygens (including phenoxy) is 1. The second-order valence-corrected chi connectivity index (χ2v) is 5.68. The Kier molecular flexibility index (Phi) is 4.41. The minimum atomic E-state index is -0.940. The van der Waals surface area contributed by atoms with Crippen molar-refractivity contribution in [1.82, 2.24) is 14.8 Å². The van der Waals surface area contributed by atoms with Crippen LogP contribution in [0.1, 0.15) is 37.2 Å². The van der Waals surface area contributed by atoms with Crippen LogP contribution in [-0.2, 0) is 6.61 Å². The van der Waals surface area contributed by atoms with Gasteiger partial charge in [0.2, 0.25) is 0 Å². The quantitative estimate of drug-likeness (QED) is 0.695. The topological polar surface area (TPSA) is 77.2 Å². The van der Waals surface area contributed by atoms with Crippen molar-refractivity contribution in [2.24, 2.45) is 0 Å². The number of hydrogen-bond donors (Lipinski definition) is 1. The molecular formula is C19H19N3O3. The van der Waals surface area contributed by atoms with E-state index >= 15 is 0 Å². The fraction of sp³-hybridized carbons (Fsp3) is 0.211. The van der Waals surface area contributed by atoms with Gasteiger partial charge in [-0.25, -0.2) is 0 Å². The minimum absolute atomic E-state index is 0.107. The summed E-state index contributed by atoms with van der Waals surface area (Å²) >= 11 is 0. The molecule has 1 aromatic carbocycles. The maximum absolute atomic E-state index is 11.2. The number of benzene rings is 1. The molecule has 0 saturated carbocycles. The number of phenols is 1. The molecule has 0 fully saturated rings. The van der Waals surface area contributed by atoms with Crippen LogP contribution in [0.25, 0.3) is 11.4 Å². The zero-order valence-corrected chi connectivity index (χ0v) is 14.0. The maximum atomic E-state index is 11.2. The standard InChI is InChI=1S/C19H19N3O3/c1-13(2)22-16(8-10-21-22)19-14(5-4-9-20-19)12-25-18-7-3-6-17(24)15(18)11-23/h3-11,13,24H,12H2,1-2H3/i13D. The molecule has 0 radical (unpaired) electrons. The SMILES string of the molecule is [2H]C(C)(C)n1nccc1-c1ncccc1COc1cccc(O)c1C=O. The van der Waals surface area contributed by atoms with Crippen LogP contribution >= 0.6 is 0 Å². The minimum Gasteiger partial charge on any atom is -0.507 e. The highest BCUT2D eigenvalue weighted by molar-refractivity contribution is 5.83. The van der Waals surface area contributed by atoms with Gasteiger partial charge >= 0.3 is 0 Å². The number of carbonyl (C=O) groups excluding carboxylic acids is 1. The van der Waals surface area contributed by atoms with Gasteiger partial charge in [0, 0.05) is 24.0 Å². The average Bonchev–Trinajstić information content (AvgIpc) is 3.10. The van der Waals surface area contributed by atoms with E-state index in [-0.39, 0.29) is 17.9 Å². The number of carbonyl (C=O) groups is 1. The van der Waals surface area contributed by atoms with E-state index in [1.165, 1.54) is 6.07 Å². The van der Waals surface area contributed by atoms with Gasteiger partial charge < -0.3 is 9.84 Å². The van der Waals surface area contributed by atoms with Gasteiger partial charge in [-0.15, -0.1) is 0 Å². The maximum Gasteiger partial charge on any atom is 0.157 e. The fourth-order valence-electron chi connectivity index (χ4n) is 2.56. The van der Waals surface area contributed by atoms with Crippen LogP contribution in [0.3, 0.4) is 0 Å². The number of pyridine rings is 1. The van der Waals surface area contributed by atoms with Crippen molar-refractivity contribution in [2.45, 2.75) is 26.5 Å². The summed E-state index contributed by atoms with van der Waals surface area (Å²) in [4.78, 5) is 15.6. The van der Waals surface area contributed by atoms with Crippen LogP contribution in [0.2, 0.25) is 0 Å². The lowest BCUT2D eigenvalue weighted by atomic mass is 10.1. The van der Waals surface area contributed by atoms with E-state index in [0.29, 0.717) is 23.4 Å². The molecule has 0 atom stereocenters. The monoisotopic (exact) mass is 338 g/mol. The predicted octanol–water partition coefficient (Wildman–Crippen LogP) is 3.62. The lowest BCUT2D eigenvalue weighted by Crippen LogP contribution is -2.08. The molecule has 6 nitrogen and oxygen atoms in total. The smallest absolute Gasteiger partial charge is 0.157 e. The summed E-state index contributed by atoms with van der Waals surface area (Å²) in [6.07, 6.45) is 3.86. The van der Waals surface area contributed by atoms with Gasteiger partial charge in [0.1, 0.15) is 18.1 Å². The number of phenolic OH excluding ortho intramolecular Hbond substituents is 1. The molecule has 0 unspecified atom stereocenters. The van der Waals surface area contributed by atoms with Crippen LogP contribution in [0.5, 0.6) is 11.5 Å². The molecule has 0 saturated heterocycles. The lowest BCUT2D eigenvalue weighted by Gasteiger charge is -2.14. The van der Waals surface area contributed by atoms with E-state index in [1.54, 1.807) is 55.2 Å². The van der Waals surface area contributed by atoms with Crippen LogP contribution in [0, 0.1) is 0 Å². The Balaban J connectivity index is 1.94. The number of hydrogen-bond acceptors (Lipinski definition) is 5. The molecule has 0 bridgehead atoms. The highest BCUT2D eigenvalue weighted by atomic mass is 16.5. The Labute approximate surface area is 147 Å². The molecular weight excluding hydrogens is 318 g/mol. The molecule has 0 aliphatic rings. The van der Waals surface area contributed by atoms with Crippen LogP contribution in [0.4, 0.5) is 0 Å². The van der Waals surface area contributed by atoms with Crippen LogP contribution < -0.4 is 4.74 Å². The van der Waals surface area contributed by atoms with Crippen molar-refractivity contribution in [1.29, 1.82) is 0 Å². The second kappa shape index (κ2) is 7.17. The first-order valence-electron chi connectivity index (χ1n) is 8.30. The van der Waals surface area contributed by atoms with Crippen LogP contribution in [-0.4, -0.2) is 26.2 Å². The number of rotatable bonds is 6. The number of aldehydes is 1. The molecule has 128 valence electrons. The lowest BCUT2D eigenvalue weighted by molar-refractivity contribution is 0.111. The molecule has 0 aliphatic heterocycles. The number of aromatic hydroxyl groups is 1. The van der Waals surface area contributed by atoms with Gasteiger partial charge in [-0.05, 0) is 38.1 Å². The number of nitrogens with zero attached hydrogens (tertiary/aromatic N) is 3. The molecule has 0 spiro atoms. The van der Waals surface area contributed by atoms with Crippen molar-refractivity contribution in [2.75, 3.05) is 0 Å². The summed E-state index contributed by atoms with van der Waals surface area (Å²) in [6.45, 7) is 3.63.